The Labute approximate surface area is 189 Å². The largest absolute Gasteiger partial charge is 0.393 e. The first kappa shape index (κ1) is 22.1. The summed E-state index contributed by atoms with van der Waals surface area (Å²) in [6, 6.07) is 0. The molecular weight excluding hydrogens is 384 g/mol. The lowest BCUT2D eigenvalue weighted by Gasteiger charge is -2.56. The molecule has 0 unspecified atom stereocenters. The number of fused-ring (bicyclic) bond motifs is 4. The van der Waals surface area contributed by atoms with Gasteiger partial charge in [0.05, 0.1) is 18.3 Å². The van der Waals surface area contributed by atoms with Crippen LogP contribution in [0.1, 0.15) is 92.9 Å². The quantitative estimate of drug-likeness (QED) is 0.563. The fraction of sp³-hybridized carbons (Fsp3) is 0.893. The van der Waals surface area contributed by atoms with E-state index in [4.69, 9.17) is 4.74 Å². The number of rotatable bonds is 4. The third kappa shape index (κ3) is 3.23. The van der Waals surface area contributed by atoms with E-state index in [0.717, 1.165) is 44.9 Å². The molecule has 1 saturated heterocycles. The Kier molecular flexibility index (Phi) is 5.30. The lowest BCUT2D eigenvalue weighted by atomic mass is 9.48. The zero-order chi connectivity index (χ0) is 22.3. The minimum atomic E-state index is -0.112. The molecule has 0 bridgehead atoms. The van der Waals surface area contributed by atoms with Crippen molar-refractivity contribution in [2.45, 2.75) is 111 Å². The summed E-state index contributed by atoms with van der Waals surface area (Å²) in [5.74, 6) is 3.74. The molecule has 1 heterocycles. The molecule has 3 saturated carbocycles. The van der Waals surface area contributed by atoms with Crippen LogP contribution in [0.3, 0.4) is 0 Å². The van der Waals surface area contributed by atoms with Crippen LogP contribution in [-0.2, 0) is 9.53 Å². The van der Waals surface area contributed by atoms with Gasteiger partial charge in [-0.3, -0.25) is 4.79 Å². The summed E-state index contributed by atoms with van der Waals surface area (Å²) < 4.78 is 6.23. The van der Waals surface area contributed by atoms with E-state index in [1.165, 1.54) is 17.6 Å². The van der Waals surface area contributed by atoms with Crippen molar-refractivity contribution in [3.05, 3.63) is 11.1 Å². The van der Waals surface area contributed by atoms with Gasteiger partial charge in [0, 0.05) is 12.0 Å². The molecule has 1 N–H and O–H groups in total. The van der Waals surface area contributed by atoms with E-state index in [1.807, 2.05) is 0 Å². The maximum absolute atomic E-state index is 13.5. The summed E-state index contributed by atoms with van der Waals surface area (Å²) in [7, 11) is 0. The zero-order valence-electron chi connectivity index (χ0n) is 20.6. The molecule has 174 valence electrons. The molecule has 0 aromatic carbocycles. The van der Waals surface area contributed by atoms with Crippen molar-refractivity contribution < 1.29 is 14.6 Å². The number of aliphatic hydroxyl groups excluding tert-OH is 1. The summed E-state index contributed by atoms with van der Waals surface area (Å²) in [6.45, 7) is 14.2. The smallest absolute Gasteiger partial charge is 0.159 e. The number of ketones is 1. The number of epoxide rings is 1. The van der Waals surface area contributed by atoms with E-state index >= 15 is 0 Å². The predicted octanol–water partition coefficient (Wildman–Crippen LogP) is 5.95. The lowest BCUT2D eigenvalue weighted by molar-refractivity contribution is -0.115. The van der Waals surface area contributed by atoms with Crippen LogP contribution in [0.5, 0.6) is 0 Å². The number of hydrogen-bond acceptors (Lipinski definition) is 3. The Balaban J connectivity index is 1.42. The molecule has 5 aliphatic rings. The Bertz CT molecular complexity index is 783. The van der Waals surface area contributed by atoms with Gasteiger partial charge in [-0.25, -0.2) is 0 Å². The minimum absolute atomic E-state index is 0.0390. The number of Topliss-reactive ketones (excluding diaryl/α,β-unsaturated/α-hetero) is 1. The summed E-state index contributed by atoms with van der Waals surface area (Å²) in [5, 5.41) is 10.3. The van der Waals surface area contributed by atoms with Gasteiger partial charge in [0.25, 0.3) is 0 Å². The second-order valence-corrected chi connectivity index (χ2v) is 12.8. The summed E-state index contributed by atoms with van der Waals surface area (Å²) in [4.78, 5) is 13.5. The van der Waals surface area contributed by atoms with E-state index in [0.29, 0.717) is 53.5 Å². The summed E-state index contributed by atoms with van der Waals surface area (Å²) >= 11 is 0. The van der Waals surface area contributed by atoms with Gasteiger partial charge in [-0.05, 0) is 91.3 Å². The highest BCUT2D eigenvalue weighted by Gasteiger charge is 2.60. The molecular formula is C28H44O3. The molecule has 31 heavy (non-hydrogen) atoms. The number of carbonyl (C=O) groups is 1. The third-order valence-electron chi connectivity index (χ3n) is 11.1. The van der Waals surface area contributed by atoms with Crippen LogP contribution in [0, 0.1) is 46.3 Å². The minimum Gasteiger partial charge on any atom is -0.393 e. The van der Waals surface area contributed by atoms with E-state index in [2.05, 4.69) is 41.5 Å². The molecule has 4 fully saturated rings. The average Bonchev–Trinajstić information content (AvgIpc) is 3.46. The molecule has 0 spiro atoms. The number of carbonyl (C=O) groups excluding carboxylic acids is 1. The van der Waals surface area contributed by atoms with Crippen LogP contribution < -0.4 is 0 Å². The molecule has 4 aliphatic carbocycles. The van der Waals surface area contributed by atoms with Gasteiger partial charge < -0.3 is 9.84 Å². The van der Waals surface area contributed by atoms with Crippen LogP contribution >= 0.6 is 0 Å². The maximum atomic E-state index is 13.5. The van der Waals surface area contributed by atoms with Gasteiger partial charge in [0.1, 0.15) is 0 Å². The Morgan fingerprint density at radius 2 is 1.77 bits per heavy atom. The SMILES string of the molecule is CC(C)[C@@H](C)[C@@H]1O[C@H]1[C@@H](C)[C@H]1CC(=O)C2=C3CC[C@H]4C[C@@H](O)CC[C@]4(C)[C@H]3CC[C@@]21C. The molecule has 0 amide bonds. The topological polar surface area (TPSA) is 49.8 Å². The molecule has 5 rings (SSSR count). The molecule has 3 nitrogen and oxygen atoms in total. The molecule has 10 atom stereocenters. The van der Waals surface area contributed by atoms with Gasteiger partial charge in [-0.15, -0.1) is 0 Å². The van der Waals surface area contributed by atoms with Crippen molar-refractivity contribution in [2.75, 3.05) is 0 Å². The maximum Gasteiger partial charge on any atom is 0.159 e. The van der Waals surface area contributed by atoms with Gasteiger partial charge in [0.15, 0.2) is 5.78 Å². The van der Waals surface area contributed by atoms with E-state index in [9.17, 15) is 9.90 Å². The summed E-state index contributed by atoms with van der Waals surface area (Å²) in [5.41, 5.74) is 3.10. The van der Waals surface area contributed by atoms with E-state index < -0.39 is 0 Å². The van der Waals surface area contributed by atoms with Crippen LogP contribution in [0.4, 0.5) is 0 Å². The average molecular weight is 429 g/mol. The fourth-order valence-electron chi connectivity index (χ4n) is 8.70. The zero-order valence-corrected chi connectivity index (χ0v) is 20.6. The highest BCUT2D eigenvalue weighted by Crippen LogP contribution is 2.65. The number of allylic oxidation sites excluding steroid dienone is 2. The van der Waals surface area contributed by atoms with E-state index in [-0.39, 0.29) is 16.9 Å². The highest BCUT2D eigenvalue weighted by molar-refractivity contribution is 6.00. The van der Waals surface area contributed by atoms with Crippen molar-refractivity contribution >= 4 is 5.78 Å². The van der Waals surface area contributed by atoms with Gasteiger partial charge in [-0.2, -0.15) is 0 Å². The Morgan fingerprint density at radius 1 is 1.03 bits per heavy atom. The van der Waals surface area contributed by atoms with Gasteiger partial charge in [0.2, 0.25) is 0 Å². The molecule has 0 aromatic heterocycles. The Hall–Kier alpha value is -0.670. The first-order valence-corrected chi connectivity index (χ1v) is 13.2. The normalized spacial score (nSPS) is 48.8. The molecule has 0 aromatic rings. The van der Waals surface area contributed by atoms with Crippen LogP contribution in [-0.4, -0.2) is 29.2 Å². The highest BCUT2D eigenvalue weighted by atomic mass is 16.6. The van der Waals surface area contributed by atoms with Gasteiger partial charge >= 0.3 is 0 Å². The second kappa shape index (κ2) is 7.42. The summed E-state index contributed by atoms with van der Waals surface area (Å²) in [6.07, 6.45) is 8.98. The number of ether oxygens (including phenoxy) is 1. The van der Waals surface area contributed by atoms with Crippen molar-refractivity contribution in [2.24, 2.45) is 46.3 Å². The lowest BCUT2D eigenvalue weighted by Crippen LogP contribution is -2.48. The van der Waals surface area contributed by atoms with Crippen molar-refractivity contribution in [3.8, 4) is 0 Å². The standard InChI is InChI=1S/C28H44O3/c1-15(2)16(3)25-26(31-25)17(4)22-14-23(30)24-20-8-7-18-13-19(29)9-11-27(18,5)21(20)10-12-28(22,24)6/h15-19,21-22,25-26,29H,7-14H2,1-6H3/t16-,17+,18+,19+,21+,22-,25+,26+,27+,28-/m1/s1. The van der Waals surface area contributed by atoms with Crippen molar-refractivity contribution in [3.63, 3.8) is 0 Å². The van der Waals surface area contributed by atoms with Crippen LogP contribution in [0.25, 0.3) is 0 Å². The second-order valence-electron chi connectivity index (χ2n) is 12.8. The van der Waals surface area contributed by atoms with Crippen LogP contribution in [0.2, 0.25) is 0 Å². The van der Waals surface area contributed by atoms with Gasteiger partial charge in [-0.1, -0.05) is 47.1 Å². The monoisotopic (exact) mass is 428 g/mol. The van der Waals surface area contributed by atoms with Crippen molar-refractivity contribution in [1.82, 2.24) is 0 Å². The van der Waals surface area contributed by atoms with Crippen LogP contribution in [0.15, 0.2) is 11.1 Å². The first-order valence-electron chi connectivity index (χ1n) is 13.2. The third-order valence-corrected chi connectivity index (χ3v) is 11.1. The predicted molar refractivity (Wildman–Crippen MR) is 123 cm³/mol. The van der Waals surface area contributed by atoms with E-state index in [1.54, 1.807) is 0 Å². The number of hydrogen-bond donors (Lipinski definition) is 1. The molecule has 3 heteroatoms. The number of aliphatic hydroxyl groups is 1. The fourth-order valence-corrected chi connectivity index (χ4v) is 8.70. The Morgan fingerprint density at radius 3 is 2.48 bits per heavy atom. The van der Waals surface area contributed by atoms with Crippen molar-refractivity contribution in [1.29, 1.82) is 0 Å². The molecule has 1 aliphatic heterocycles. The molecule has 0 radical (unpaired) electrons. The first-order chi connectivity index (χ1) is 14.6.